The number of esters is 1. The lowest BCUT2D eigenvalue weighted by Gasteiger charge is -2.22. The highest BCUT2D eigenvalue weighted by atomic mass is 35.5. The Morgan fingerprint density at radius 2 is 1.97 bits per heavy atom. The van der Waals surface area contributed by atoms with E-state index < -0.39 is 5.97 Å². The maximum absolute atomic E-state index is 13.1. The summed E-state index contributed by atoms with van der Waals surface area (Å²) in [5.41, 5.74) is 1.41. The Balaban J connectivity index is 1.59. The van der Waals surface area contributed by atoms with Crippen molar-refractivity contribution in [3.63, 3.8) is 0 Å². The second-order valence-corrected chi connectivity index (χ2v) is 7.07. The van der Waals surface area contributed by atoms with E-state index >= 15 is 0 Å². The van der Waals surface area contributed by atoms with Crippen molar-refractivity contribution in [2.24, 2.45) is 0 Å². The van der Waals surface area contributed by atoms with Crippen molar-refractivity contribution in [1.29, 1.82) is 0 Å². The normalized spacial score (nSPS) is 16.1. The van der Waals surface area contributed by atoms with Crippen LogP contribution in [0.4, 0.5) is 0 Å². The van der Waals surface area contributed by atoms with Crippen LogP contribution in [0.3, 0.4) is 0 Å². The Morgan fingerprint density at radius 3 is 2.76 bits per heavy atom. The van der Waals surface area contributed by atoms with Crippen molar-refractivity contribution in [2.45, 2.75) is 18.9 Å². The molecule has 1 unspecified atom stereocenters. The van der Waals surface area contributed by atoms with Crippen LogP contribution >= 0.6 is 11.6 Å². The molecule has 1 fully saturated rings. The van der Waals surface area contributed by atoms with Gasteiger partial charge in [0, 0.05) is 17.7 Å². The van der Waals surface area contributed by atoms with E-state index in [1.54, 1.807) is 29.2 Å². The molecule has 0 aliphatic carbocycles. The zero-order valence-corrected chi connectivity index (χ0v) is 16.4. The summed E-state index contributed by atoms with van der Waals surface area (Å²) in [5, 5.41) is 4.56. The van der Waals surface area contributed by atoms with Gasteiger partial charge in [0.1, 0.15) is 6.04 Å². The zero-order chi connectivity index (χ0) is 20.4. The molecule has 0 saturated carbocycles. The largest absolute Gasteiger partial charge is 0.465 e. The monoisotopic (exact) mass is 411 g/mol. The molecule has 0 N–H and O–H groups in total. The summed E-state index contributed by atoms with van der Waals surface area (Å²) in [6.45, 7) is 0.565. The van der Waals surface area contributed by atoms with E-state index in [4.69, 9.17) is 20.9 Å². The van der Waals surface area contributed by atoms with Crippen LogP contribution in [0.5, 0.6) is 0 Å². The van der Waals surface area contributed by atoms with Crippen LogP contribution < -0.4 is 0 Å². The molecule has 0 spiro atoms. The van der Waals surface area contributed by atoms with E-state index in [1.807, 2.05) is 18.2 Å². The fourth-order valence-corrected chi connectivity index (χ4v) is 3.67. The first-order valence-corrected chi connectivity index (χ1v) is 9.54. The van der Waals surface area contributed by atoms with Gasteiger partial charge in [-0.2, -0.15) is 4.98 Å². The Bertz CT molecular complexity index is 1070. The summed E-state index contributed by atoms with van der Waals surface area (Å²) in [4.78, 5) is 31.0. The van der Waals surface area contributed by atoms with Gasteiger partial charge in [0.05, 0.1) is 17.7 Å². The van der Waals surface area contributed by atoms with E-state index in [0.29, 0.717) is 46.4 Å². The molecule has 3 aromatic rings. The Hall–Kier alpha value is -3.19. The number of carbonyl (C=O) groups excluding carboxylic acids is 2. The summed E-state index contributed by atoms with van der Waals surface area (Å²) >= 11 is 6.22. The summed E-state index contributed by atoms with van der Waals surface area (Å²) in [5.74, 6) is 0.0714. The Morgan fingerprint density at radius 1 is 1.17 bits per heavy atom. The first kappa shape index (κ1) is 19.1. The molecule has 0 bridgehead atoms. The van der Waals surface area contributed by atoms with Crippen molar-refractivity contribution in [3.05, 3.63) is 70.6 Å². The molecule has 1 saturated heterocycles. The average molecular weight is 412 g/mol. The molecule has 1 aliphatic rings. The molecule has 1 aliphatic heterocycles. The quantitative estimate of drug-likeness (QED) is 0.599. The lowest BCUT2D eigenvalue weighted by atomic mass is 10.1. The van der Waals surface area contributed by atoms with Crippen molar-refractivity contribution < 1.29 is 18.8 Å². The van der Waals surface area contributed by atoms with Crippen LogP contribution in [0.2, 0.25) is 5.02 Å². The van der Waals surface area contributed by atoms with E-state index in [2.05, 4.69) is 10.1 Å². The van der Waals surface area contributed by atoms with Crippen molar-refractivity contribution in [1.82, 2.24) is 15.0 Å². The number of rotatable bonds is 4. The number of carbonyl (C=O) groups is 2. The topological polar surface area (TPSA) is 85.5 Å². The summed E-state index contributed by atoms with van der Waals surface area (Å²) in [6, 6.07) is 13.4. The van der Waals surface area contributed by atoms with Gasteiger partial charge in [-0.25, -0.2) is 4.79 Å². The third-order valence-electron chi connectivity index (χ3n) is 4.89. The van der Waals surface area contributed by atoms with Crippen molar-refractivity contribution in [2.75, 3.05) is 13.7 Å². The molecule has 2 aromatic carbocycles. The van der Waals surface area contributed by atoms with Gasteiger partial charge in [0.15, 0.2) is 0 Å². The van der Waals surface area contributed by atoms with E-state index in [-0.39, 0.29) is 11.9 Å². The third kappa shape index (κ3) is 3.73. The highest BCUT2D eigenvalue weighted by molar-refractivity contribution is 6.33. The maximum Gasteiger partial charge on any atom is 0.337 e. The van der Waals surface area contributed by atoms with Gasteiger partial charge < -0.3 is 14.2 Å². The fourth-order valence-electron chi connectivity index (χ4n) is 3.45. The molecule has 148 valence electrons. The minimum absolute atomic E-state index is 0.198. The molecule has 7 nitrogen and oxygen atoms in total. The third-order valence-corrected chi connectivity index (χ3v) is 5.22. The predicted molar refractivity (Wildman–Crippen MR) is 106 cm³/mol. The highest BCUT2D eigenvalue weighted by Crippen LogP contribution is 2.34. The first-order valence-electron chi connectivity index (χ1n) is 9.16. The minimum Gasteiger partial charge on any atom is -0.465 e. The van der Waals surface area contributed by atoms with Gasteiger partial charge in [0.2, 0.25) is 11.7 Å². The van der Waals surface area contributed by atoms with E-state index in [0.717, 1.165) is 6.42 Å². The van der Waals surface area contributed by atoms with Gasteiger partial charge in [-0.3, -0.25) is 4.79 Å². The molecule has 1 atom stereocenters. The number of ether oxygens (including phenoxy) is 1. The molecule has 4 rings (SSSR count). The molecule has 29 heavy (non-hydrogen) atoms. The Labute approximate surface area is 172 Å². The van der Waals surface area contributed by atoms with Gasteiger partial charge in [0.25, 0.3) is 5.91 Å². The van der Waals surface area contributed by atoms with Gasteiger partial charge in [-0.15, -0.1) is 0 Å². The minimum atomic E-state index is -0.487. The molecule has 0 radical (unpaired) electrons. The molecule has 1 amide bonds. The van der Waals surface area contributed by atoms with Gasteiger partial charge in [-0.05, 0) is 43.2 Å². The number of nitrogens with zero attached hydrogens (tertiary/aromatic N) is 3. The number of amides is 1. The number of hydrogen-bond donors (Lipinski definition) is 0. The standard InChI is InChI=1S/C21H18ClN3O4/c1-28-21(27)14-7-4-6-13(12-14)20(26)25-11-5-10-17(25)19-23-18(24-29-19)15-8-2-3-9-16(15)22/h2-4,6-9,12,17H,5,10-11H2,1H3. The summed E-state index contributed by atoms with van der Waals surface area (Å²) < 4.78 is 10.2. The number of aromatic nitrogens is 2. The second-order valence-electron chi connectivity index (χ2n) is 6.67. The number of likely N-dealkylation sites (tertiary alicyclic amines) is 1. The van der Waals surface area contributed by atoms with Crippen molar-refractivity contribution >= 4 is 23.5 Å². The average Bonchev–Trinajstić information content (AvgIpc) is 3.42. The van der Waals surface area contributed by atoms with E-state index in [9.17, 15) is 9.59 Å². The van der Waals surface area contributed by atoms with Crippen LogP contribution in [0.15, 0.2) is 53.1 Å². The molecule has 8 heteroatoms. The van der Waals surface area contributed by atoms with Crippen molar-refractivity contribution in [3.8, 4) is 11.4 Å². The molecule has 1 aromatic heterocycles. The van der Waals surface area contributed by atoms with Crippen LogP contribution in [0, 0.1) is 0 Å². The van der Waals surface area contributed by atoms with E-state index in [1.165, 1.54) is 13.2 Å². The van der Waals surface area contributed by atoms with Crippen LogP contribution in [-0.4, -0.2) is 40.6 Å². The van der Waals surface area contributed by atoms with Gasteiger partial charge in [-0.1, -0.05) is 35.0 Å². The SMILES string of the molecule is COC(=O)c1cccc(C(=O)N2CCCC2c2nc(-c3ccccc3Cl)no2)c1. The summed E-state index contributed by atoms with van der Waals surface area (Å²) in [6.07, 6.45) is 1.53. The number of halogens is 1. The lowest BCUT2D eigenvalue weighted by Crippen LogP contribution is -2.30. The highest BCUT2D eigenvalue weighted by Gasteiger charge is 2.35. The molecular formula is C21H18ClN3O4. The van der Waals surface area contributed by atoms with Crippen LogP contribution in [0.1, 0.15) is 45.5 Å². The number of hydrogen-bond acceptors (Lipinski definition) is 6. The van der Waals surface area contributed by atoms with Gasteiger partial charge >= 0.3 is 5.97 Å². The Kier molecular flexibility index (Phi) is 5.31. The number of methoxy groups -OCH3 is 1. The zero-order valence-electron chi connectivity index (χ0n) is 15.7. The molecule has 2 heterocycles. The maximum atomic E-state index is 13.1. The smallest absolute Gasteiger partial charge is 0.337 e. The predicted octanol–water partition coefficient (Wildman–Crippen LogP) is 4.15. The lowest BCUT2D eigenvalue weighted by molar-refractivity contribution is 0.0600. The molecular weight excluding hydrogens is 394 g/mol. The fraction of sp³-hybridized carbons (Fsp3) is 0.238. The second kappa shape index (κ2) is 8.05. The van der Waals surface area contributed by atoms with Crippen LogP contribution in [-0.2, 0) is 4.74 Å². The summed E-state index contributed by atoms with van der Waals surface area (Å²) in [7, 11) is 1.31. The van der Waals surface area contributed by atoms with Crippen LogP contribution in [0.25, 0.3) is 11.4 Å². The first-order chi connectivity index (χ1) is 14.1. The number of benzene rings is 2.